The average molecular weight is 236 g/mol. The molecule has 0 radical (unpaired) electrons. The van der Waals surface area contributed by atoms with Crippen molar-refractivity contribution in [2.75, 3.05) is 13.2 Å². The van der Waals surface area contributed by atoms with Gasteiger partial charge in [0.15, 0.2) is 0 Å². The van der Waals surface area contributed by atoms with Crippen LogP contribution in [-0.2, 0) is 9.47 Å². The summed E-state index contributed by atoms with van der Waals surface area (Å²) >= 11 is 0. The highest BCUT2D eigenvalue weighted by Crippen LogP contribution is 2.20. The molecule has 3 unspecified atom stereocenters. The van der Waals surface area contributed by atoms with Crippen molar-refractivity contribution >= 4 is 0 Å². The van der Waals surface area contributed by atoms with Crippen molar-refractivity contribution in [1.82, 2.24) is 4.98 Å². The molecular formula is C13H20N2O2. The van der Waals surface area contributed by atoms with E-state index in [0.717, 1.165) is 25.1 Å². The van der Waals surface area contributed by atoms with Gasteiger partial charge >= 0.3 is 0 Å². The zero-order valence-electron chi connectivity index (χ0n) is 10.2. The van der Waals surface area contributed by atoms with Gasteiger partial charge in [0.1, 0.15) is 6.10 Å². The molecule has 2 rings (SSSR count). The molecular weight excluding hydrogens is 216 g/mol. The monoisotopic (exact) mass is 236 g/mol. The maximum absolute atomic E-state index is 5.95. The fourth-order valence-corrected chi connectivity index (χ4v) is 2.04. The first-order valence-corrected chi connectivity index (χ1v) is 6.17. The zero-order chi connectivity index (χ0) is 12.1. The maximum Gasteiger partial charge on any atom is 0.114 e. The summed E-state index contributed by atoms with van der Waals surface area (Å²) < 4.78 is 11.4. The van der Waals surface area contributed by atoms with E-state index in [1.165, 1.54) is 0 Å². The number of hydrogen-bond acceptors (Lipinski definition) is 4. The molecule has 3 atom stereocenters. The van der Waals surface area contributed by atoms with Gasteiger partial charge in [-0.15, -0.1) is 0 Å². The van der Waals surface area contributed by atoms with Crippen molar-refractivity contribution in [3.8, 4) is 0 Å². The van der Waals surface area contributed by atoms with Gasteiger partial charge in [-0.05, 0) is 31.9 Å². The molecule has 0 bridgehead atoms. The maximum atomic E-state index is 5.95. The number of ether oxygens (including phenoxy) is 2. The van der Waals surface area contributed by atoms with Crippen LogP contribution in [0.1, 0.15) is 31.6 Å². The van der Waals surface area contributed by atoms with Crippen molar-refractivity contribution in [3.63, 3.8) is 0 Å². The van der Waals surface area contributed by atoms with Crippen LogP contribution in [0.3, 0.4) is 0 Å². The van der Waals surface area contributed by atoms with Crippen molar-refractivity contribution in [2.24, 2.45) is 5.73 Å². The molecule has 0 saturated carbocycles. The number of nitrogens with zero attached hydrogens (tertiary/aromatic N) is 1. The van der Waals surface area contributed by atoms with Crippen LogP contribution in [0.25, 0.3) is 0 Å². The van der Waals surface area contributed by atoms with E-state index in [2.05, 4.69) is 4.98 Å². The quantitative estimate of drug-likeness (QED) is 0.844. The third-order valence-corrected chi connectivity index (χ3v) is 2.94. The van der Waals surface area contributed by atoms with E-state index < -0.39 is 0 Å². The van der Waals surface area contributed by atoms with Crippen molar-refractivity contribution in [2.45, 2.75) is 38.0 Å². The molecule has 17 heavy (non-hydrogen) atoms. The van der Waals surface area contributed by atoms with E-state index in [-0.39, 0.29) is 18.2 Å². The van der Waals surface area contributed by atoms with Crippen LogP contribution in [0.4, 0.5) is 0 Å². The standard InChI is InChI=1S/C13H20N2O2/c1-10(14)13(12-6-2-3-7-15-12)17-9-11-5-4-8-16-11/h2-3,6-7,10-11,13H,4-5,8-9,14H2,1H3. The van der Waals surface area contributed by atoms with Crippen LogP contribution in [0, 0.1) is 0 Å². The van der Waals surface area contributed by atoms with Crippen LogP contribution in [-0.4, -0.2) is 30.3 Å². The summed E-state index contributed by atoms with van der Waals surface area (Å²) in [5.74, 6) is 0. The lowest BCUT2D eigenvalue weighted by Crippen LogP contribution is -2.30. The Kier molecular flexibility index (Phi) is 4.48. The Morgan fingerprint density at radius 3 is 3.06 bits per heavy atom. The third-order valence-electron chi connectivity index (χ3n) is 2.94. The molecule has 0 aromatic carbocycles. The van der Waals surface area contributed by atoms with Gasteiger partial charge in [-0.2, -0.15) is 0 Å². The largest absolute Gasteiger partial charge is 0.376 e. The highest BCUT2D eigenvalue weighted by molar-refractivity contribution is 5.08. The van der Waals surface area contributed by atoms with E-state index >= 15 is 0 Å². The highest BCUT2D eigenvalue weighted by Gasteiger charge is 2.22. The van der Waals surface area contributed by atoms with Crippen molar-refractivity contribution in [1.29, 1.82) is 0 Å². The molecule has 4 nitrogen and oxygen atoms in total. The van der Waals surface area contributed by atoms with Crippen LogP contribution in [0.2, 0.25) is 0 Å². The average Bonchev–Trinajstić information content (AvgIpc) is 2.83. The Balaban J connectivity index is 1.93. The minimum Gasteiger partial charge on any atom is -0.376 e. The predicted molar refractivity (Wildman–Crippen MR) is 65.6 cm³/mol. The van der Waals surface area contributed by atoms with Gasteiger partial charge in [-0.25, -0.2) is 0 Å². The number of rotatable bonds is 5. The molecule has 4 heteroatoms. The second-order valence-electron chi connectivity index (χ2n) is 4.50. The first-order chi connectivity index (χ1) is 8.27. The van der Waals surface area contributed by atoms with Gasteiger partial charge in [0, 0.05) is 18.8 Å². The number of aromatic nitrogens is 1. The fourth-order valence-electron chi connectivity index (χ4n) is 2.04. The number of nitrogens with two attached hydrogens (primary N) is 1. The highest BCUT2D eigenvalue weighted by atomic mass is 16.5. The lowest BCUT2D eigenvalue weighted by Gasteiger charge is -2.22. The summed E-state index contributed by atoms with van der Waals surface area (Å²) in [7, 11) is 0. The predicted octanol–water partition coefficient (Wildman–Crippen LogP) is 1.67. The second-order valence-corrected chi connectivity index (χ2v) is 4.50. The first kappa shape index (κ1) is 12.5. The van der Waals surface area contributed by atoms with Gasteiger partial charge in [0.2, 0.25) is 0 Å². The molecule has 1 aliphatic heterocycles. The summed E-state index contributed by atoms with van der Waals surface area (Å²) in [5.41, 5.74) is 6.84. The van der Waals surface area contributed by atoms with Gasteiger partial charge in [0.05, 0.1) is 18.4 Å². The Labute approximate surface area is 102 Å². The van der Waals surface area contributed by atoms with E-state index in [9.17, 15) is 0 Å². The molecule has 1 aromatic rings. The van der Waals surface area contributed by atoms with Crippen molar-refractivity contribution in [3.05, 3.63) is 30.1 Å². The minimum atomic E-state index is -0.152. The van der Waals surface area contributed by atoms with Crippen molar-refractivity contribution < 1.29 is 9.47 Å². The summed E-state index contributed by atoms with van der Waals surface area (Å²) in [6, 6.07) is 5.71. The molecule has 0 amide bonds. The topological polar surface area (TPSA) is 57.4 Å². The van der Waals surface area contributed by atoms with Gasteiger partial charge < -0.3 is 15.2 Å². The lowest BCUT2D eigenvalue weighted by atomic mass is 10.1. The number of hydrogen-bond donors (Lipinski definition) is 1. The summed E-state index contributed by atoms with van der Waals surface area (Å²) in [6.45, 7) is 3.39. The van der Waals surface area contributed by atoms with E-state index in [1.807, 2.05) is 25.1 Å². The third kappa shape index (κ3) is 3.49. The molecule has 2 heterocycles. The Morgan fingerprint density at radius 2 is 2.47 bits per heavy atom. The van der Waals surface area contributed by atoms with E-state index in [1.54, 1.807) is 6.20 Å². The minimum absolute atomic E-state index is 0.0775. The summed E-state index contributed by atoms with van der Waals surface area (Å²) in [6.07, 6.45) is 4.04. The molecule has 1 saturated heterocycles. The second kappa shape index (κ2) is 6.10. The number of pyridine rings is 1. The van der Waals surface area contributed by atoms with E-state index in [4.69, 9.17) is 15.2 Å². The van der Waals surface area contributed by atoms with Gasteiger partial charge in [-0.3, -0.25) is 4.98 Å². The Morgan fingerprint density at radius 1 is 1.59 bits per heavy atom. The van der Waals surface area contributed by atoms with Gasteiger partial charge in [0.25, 0.3) is 0 Å². The molecule has 1 aliphatic rings. The zero-order valence-corrected chi connectivity index (χ0v) is 10.2. The SMILES string of the molecule is CC(N)C(OCC1CCCO1)c1ccccn1. The molecule has 0 spiro atoms. The lowest BCUT2D eigenvalue weighted by molar-refractivity contribution is -0.0301. The van der Waals surface area contributed by atoms with Crippen LogP contribution in [0.15, 0.2) is 24.4 Å². The molecule has 1 fully saturated rings. The fraction of sp³-hybridized carbons (Fsp3) is 0.615. The van der Waals surface area contributed by atoms with Crippen LogP contribution >= 0.6 is 0 Å². The molecule has 2 N–H and O–H groups in total. The van der Waals surface area contributed by atoms with E-state index in [0.29, 0.717) is 6.61 Å². The smallest absolute Gasteiger partial charge is 0.114 e. The Bertz CT molecular complexity index is 323. The summed E-state index contributed by atoms with van der Waals surface area (Å²) in [4.78, 5) is 4.30. The molecule has 1 aromatic heterocycles. The van der Waals surface area contributed by atoms with Crippen LogP contribution < -0.4 is 5.73 Å². The summed E-state index contributed by atoms with van der Waals surface area (Å²) in [5, 5.41) is 0. The normalized spacial score (nSPS) is 23.5. The van der Waals surface area contributed by atoms with Crippen LogP contribution in [0.5, 0.6) is 0 Å². The molecule has 0 aliphatic carbocycles. The molecule has 94 valence electrons. The Hall–Kier alpha value is -0.970. The van der Waals surface area contributed by atoms with Gasteiger partial charge in [-0.1, -0.05) is 6.07 Å². The first-order valence-electron chi connectivity index (χ1n) is 6.17.